The first-order chi connectivity index (χ1) is 16.7. The van der Waals surface area contributed by atoms with E-state index in [1.54, 1.807) is 18.2 Å². The lowest BCUT2D eigenvalue weighted by atomic mass is 10.1. The van der Waals surface area contributed by atoms with Crippen molar-refractivity contribution >= 4 is 58.1 Å². The first-order valence-corrected chi connectivity index (χ1v) is 10.6. The Balaban J connectivity index is 1.74. The Morgan fingerprint density at radius 2 is 1.60 bits per heavy atom. The van der Waals surface area contributed by atoms with Gasteiger partial charge in [-0.25, -0.2) is 10.2 Å². The van der Waals surface area contributed by atoms with E-state index in [0.717, 1.165) is 0 Å². The molecule has 3 rings (SSSR count). The summed E-state index contributed by atoms with van der Waals surface area (Å²) in [5.41, 5.74) is 2.11. The van der Waals surface area contributed by atoms with Crippen molar-refractivity contribution in [3.63, 3.8) is 0 Å². The van der Waals surface area contributed by atoms with Crippen LogP contribution in [0.5, 0.6) is 5.75 Å². The first-order valence-electron chi connectivity index (χ1n) is 9.83. The predicted octanol–water partition coefficient (Wildman–Crippen LogP) is 4.60. The van der Waals surface area contributed by atoms with Gasteiger partial charge in [0.15, 0.2) is 0 Å². The van der Waals surface area contributed by atoms with Gasteiger partial charge in [0.1, 0.15) is 11.3 Å². The first kappa shape index (κ1) is 25.3. The van der Waals surface area contributed by atoms with Crippen LogP contribution in [0.25, 0.3) is 0 Å². The summed E-state index contributed by atoms with van der Waals surface area (Å²) >= 11 is 11.8. The van der Waals surface area contributed by atoms with Crippen LogP contribution < -0.4 is 15.5 Å². The number of para-hydroxylation sites is 2. The van der Waals surface area contributed by atoms with Crippen LogP contribution >= 0.6 is 23.2 Å². The molecule has 0 atom stereocenters. The van der Waals surface area contributed by atoms with Crippen molar-refractivity contribution in [1.29, 1.82) is 0 Å². The number of esters is 1. The summed E-state index contributed by atoms with van der Waals surface area (Å²) in [6.07, 6.45) is 0. The smallest absolute Gasteiger partial charge is 0.350 e. The molecule has 0 spiro atoms. The van der Waals surface area contributed by atoms with E-state index >= 15 is 0 Å². The van der Waals surface area contributed by atoms with Crippen molar-refractivity contribution in [2.45, 2.75) is 6.92 Å². The van der Waals surface area contributed by atoms with E-state index in [1.807, 2.05) is 0 Å². The molecule has 12 heteroatoms. The maximum atomic E-state index is 12.6. The number of hydrazone groups is 1. The molecular formula is C23H16Cl2N4O6. The Hall–Kier alpha value is -4.28. The average Bonchev–Trinajstić information content (AvgIpc) is 2.84. The highest BCUT2D eigenvalue weighted by molar-refractivity contribution is 6.42. The maximum absolute atomic E-state index is 12.6. The molecule has 0 fully saturated rings. The van der Waals surface area contributed by atoms with Gasteiger partial charge < -0.3 is 10.1 Å². The fraction of sp³-hybridized carbons (Fsp3) is 0.0435. The molecule has 3 aromatic carbocycles. The third-order valence-corrected chi connectivity index (χ3v) is 5.07. The molecule has 0 aliphatic carbocycles. The van der Waals surface area contributed by atoms with Crippen LogP contribution in [0.3, 0.4) is 0 Å². The van der Waals surface area contributed by atoms with Gasteiger partial charge in [0.2, 0.25) is 0 Å². The second-order valence-corrected chi connectivity index (χ2v) is 7.72. The van der Waals surface area contributed by atoms with E-state index in [1.165, 1.54) is 55.5 Å². The molecular weight excluding hydrogens is 499 g/mol. The minimum absolute atomic E-state index is 0.0429. The third-order valence-electron chi connectivity index (χ3n) is 4.51. The SMILES string of the molecule is CC(=NNC(=O)C(=O)Nc1cc(Cl)ccc1Cl)c1ccccc1OC(=O)c1ccccc1[N+](=O)[O-]. The molecule has 0 saturated heterocycles. The highest BCUT2D eigenvalue weighted by Crippen LogP contribution is 2.26. The standard InChI is InChI=1S/C23H16Cl2N4O6/c1-13(27-28-22(31)21(30)26-18-12-14(24)10-11-17(18)25)15-6-3-5-9-20(15)35-23(32)16-7-2-4-8-19(16)29(33)34/h2-12H,1H3,(H,26,30)(H,28,31). The van der Waals surface area contributed by atoms with Crippen LogP contribution in [0.15, 0.2) is 71.8 Å². The van der Waals surface area contributed by atoms with Gasteiger partial charge in [-0.1, -0.05) is 47.5 Å². The molecule has 0 bridgehead atoms. The Morgan fingerprint density at radius 3 is 2.31 bits per heavy atom. The molecule has 0 saturated carbocycles. The lowest BCUT2D eigenvalue weighted by Gasteiger charge is -2.10. The van der Waals surface area contributed by atoms with Crippen LogP contribution in [0, 0.1) is 10.1 Å². The van der Waals surface area contributed by atoms with Crippen LogP contribution in [-0.2, 0) is 9.59 Å². The predicted molar refractivity (Wildman–Crippen MR) is 130 cm³/mol. The molecule has 10 nitrogen and oxygen atoms in total. The van der Waals surface area contributed by atoms with Crippen molar-refractivity contribution in [2.24, 2.45) is 5.10 Å². The van der Waals surface area contributed by atoms with Gasteiger partial charge in [-0.15, -0.1) is 0 Å². The topological polar surface area (TPSA) is 140 Å². The number of nitrogens with zero attached hydrogens (tertiary/aromatic N) is 2. The number of carbonyl (C=O) groups is 3. The highest BCUT2D eigenvalue weighted by Gasteiger charge is 2.22. The van der Waals surface area contributed by atoms with Crippen LogP contribution in [0.4, 0.5) is 11.4 Å². The number of rotatable bonds is 6. The van der Waals surface area contributed by atoms with Crippen molar-refractivity contribution < 1.29 is 24.0 Å². The Kier molecular flexibility index (Phi) is 8.13. The quantitative estimate of drug-likeness (QED) is 0.123. The molecule has 0 aliphatic heterocycles. The van der Waals surface area contributed by atoms with Crippen LogP contribution in [0.2, 0.25) is 10.0 Å². The summed E-state index contributed by atoms with van der Waals surface area (Å²) < 4.78 is 5.36. The normalized spacial score (nSPS) is 10.9. The largest absolute Gasteiger partial charge is 0.422 e. The van der Waals surface area contributed by atoms with E-state index in [-0.39, 0.29) is 27.7 Å². The molecule has 0 aromatic heterocycles. The number of ether oxygens (including phenoxy) is 1. The number of halogens is 2. The fourth-order valence-electron chi connectivity index (χ4n) is 2.83. The number of hydrogen-bond donors (Lipinski definition) is 2. The number of nitrogens with one attached hydrogen (secondary N) is 2. The molecule has 0 heterocycles. The molecule has 3 aromatic rings. The number of anilines is 1. The second kappa shape index (κ2) is 11.2. The maximum Gasteiger partial charge on any atom is 0.350 e. The minimum Gasteiger partial charge on any atom is -0.422 e. The lowest BCUT2D eigenvalue weighted by molar-refractivity contribution is -0.385. The molecule has 2 N–H and O–H groups in total. The highest BCUT2D eigenvalue weighted by atomic mass is 35.5. The lowest BCUT2D eigenvalue weighted by Crippen LogP contribution is -2.33. The van der Waals surface area contributed by atoms with E-state index in [2.05, 4.69) is 15.8 Å². The fourth-order valence-corrected chi connectivity index (χ4v) is 3.17. The van der Waals surface area contributed by atoms with Gasteiger partial charge in [0.25, 0.3) is 5.69 Å². The summed E-state index contributed by atoms with van der Waals surface area (Å²) in [4.78, 5) is 47.4. The van der Waals surface area contributed by atoms with Gasteiger partial charge in [-0.2, -0.15) is 5.10 Å². The van der Waals surface area contributed by atoms with Crippen molar-refractivity contribution in [3.05, 3.63) is 98.0 Å². The Morgan fingerprint density at radius 1 is 0.943 bits per heavy atom. The van der Waals surface area contributed by atoms with Crippen molar-refractivity contribution in [2.75, 3.05) is 5.32 Å². The van der Waals surface area contributed by atoms with Crippen molar-refractivity contribution in [1.82, 2.24) is 5.43 Å². The molecule has 0 aliphatic rings. The molecule has 35 heavy (non-hydrogen) atoms. The van der Waals surface area contributed by atoms with Gasteiger partial charge >= 0.3 is 17.8 Å². The van der Waals surface area contributed by atoms with Crippen LogP contribution in [-0.4, -0.2) is 28.4 Å². The summed E-state index contributed by atoms with van der Waals surface area (Å²) in [6.45, 7) is 1.50. The number of nitro groups is 1. The number of carbonyl (C=O) groups excluding carboxylic acids is 3. The van der Waals surface area contributed by atoms with Crippen molar-refractivity contribution in [3.8, 4) is 5.75 Å². The molecule has 178 valence electrons. The van der Waals surface area contributed by atoms with Gasteiger partial charge in [-0.05, 0) is 43.3 Å². The van der Waals surface area contributed by atoms with E-state index in [0.29, 0.717) is 10.6 Å². The summed E-state index contributed by atoms with van der Waals surface area (Å²) in [6, 6.07) is 15.9. The minimum atomic E-state index is -1.09. The summed E-state index contributed by atoms with van der Waals surface area (Å²) in [7, 11) is 0. The zero-order valence-corrected chi connectivity index (χ0v) is 19.5. The summed E-state index contributed by atoms with van der Waals surface area (Å²) in [5, 5.41) is 17.9. The van der Waals surface area contributed by atoms with E-state index < -0.39 is 28.4 Å². The number of amides is 2. The molecule has 2 amide bonds. The average molecular weight is 515 g/mol. The van der Waals surface area contributed by atoms with Crippen LogP contribution in [0.1, 0.15) is 22.8 Å². The van der Waals surface area contributed by atoms with E-state index in [4.69, 9.17) is 27.9 Å². The second-order valence-electron chi connectivity index (χ2n) is 6.88. The number of benzene rings is 3. The van der Waals surface area contributed by atoms with Gasteiger partial charge in [0, 0.05) is 16.7 Å². The van der Waals surface area contributed by atoms with Gasteiger partial charge in [0.05, 0.1) is 21.3 Å². The molecule has 0 unspecified atom stereocenters. The Labute approximate surface area is 208 Å². The number of hydrogen-bond acceptors (Lipinski definition) is 7. The molecule has 0 radical (unpaired) electrons. The Bertz CT molecular complexity index is 1360. The number of nitro benzene ring substituents is 1. The zero-order valence-electron chi connectivity index (χ0n) is 18.0. The monoisotopic (exact) mass is 514 g/mol. The zero-order chi connectivity index (χ0) is 25.5. The third kappa shape index (κ3) is 6.40. The summed E-state index contributed by atoms with van der Waals surface area (Å²) in [5.74, 6) is -3.03. The van der Waals surface area contributed by atoms with E-state index in [9.17, 15) is 24.5 Å². The van der Waals surface area contributed by atoms with Gasteiger partial charge in [-0.3, -0.25) is 19.7 Å².